The Kier molecular flexibility index (Phi) is 6.16. The van der Waals surface area contributed by atoms with E-state index in [1.807, 2.05) is 30.3 Å². The Morgan fingerprint density at radius 1 is 1.22 bits per heavy atom. The molecule has 0 aliphatic carbocycles. The molecule has 0 saturated carbocycles. The van der Waals surface area contributed by atoms with Gasteiger partial charge in [0.1, 0.15) is 0 Å². The van der Waals surface area contributed by atoms with Crippen LogP contribution in [0.15, 0.2) is 30.3 Å². The Morgan fingerprint density at radius 3 is 2.67 bits per heavy atom. The molecule has 2 unspecified atom stereocenters. The van der Waals surface area contributed by atoms with E-state index in [4.69, 9.17) is 0 Å². The van der Waals surface area contributed by atoms with Crippen molar-refractivity contribution in [2.45, 2.75) is 38.3 Å². The number of sulfonamides is 1. The van der Waals surface area contributed by atoms with Crippen LogP contribution in [0.2, 0.25) is 0 Å². The van der Waals surface area contributed by atoms with Crippen LogP contribution in [0.3, 0.4) is 0 Å². The topological polar surface area (TPSA) is 86.8 Å². The van der Waals surface area contributed by atoms with Crippen LogP contribution in [0.5, 0.6) is 0 Å². The molecule has 2 aliphatic heterocycles. The van der Waals surface area contributed by atoms with Gasteiger partial charge in [0.05, 0.1) is 12.2 Å². The van der Waals surface area contributed by atoms with Crippen LogP contribution >= 0.6 is 0 Å². The molecule has 1 aromatic carbocycles. The minimum atomic E-state index is -3.29. The zero-order valence-corrected chi connectivity index (χ0v) is 16.5. The van der Waals surface area contributed by atoms with Crippen molar-refractivity contribution in [2.75, 3.05) is 25.9 Å². The zero-order chi connectivity index (χ0) is 19.4. The summed E-state index contributed by atoms with van der Waals surface area (Å²) in [7, 11) is -3.29. The highest BCUT2D eigenvalue weighted by Gasteiger charge is 2.39. The van der Waals surface area contributed by atoms with Gasteiger partial charge in [0.2, 0.25) is 21.8 Å². The molecule has 2 fully saturated rings. The maximum atomic E-state index is 13.0. The molecule has 8 heteroatoms. The molecular weight excluding hydrogens is 366 g/mol. The standard InChI is InChI=1S/C19H27N3O4S/c1-27(25,26)20-12-17-9-5-6-10-22(17)19(24)16-11-18(23)21(14-16)13-15-7-3-2-4-8-15/h2-4,7-8,16-17,20H,5-6,9-14H2,1H3. The van der Waals surface area contributed by atoms with Gasteiger partial charge in [0.25, 0.3) is 0 Å². The smallest absolute Gasteiger partial charge is 0.228 e. The Morgan fingerprint density at radius 2 is 1.96 bits per heavy atom. The van der Waals surface area contributed by atoms with Crippen LogP contribution in [0.1, 0.15) is 31.2 Å². The zero-order valence-electron chi connectivity index (χ0n) is 15.6. The number of carbonyl (C=O) groups excluding carboxylic acids is 2. The maximum absolute atomic E-state index is 13.0. The SMILES string of the molecule is CS(=O)(=O)NCC1CCCCN1C(=O)C1CC(=O)N(Cc2ccccc2)C1. The number of likely N-dealkylation sites (tertiary alicyclic amines) is 2. The van der Waals surface area contributed by atoms with E-state index in [9.17, 15) is 18.0 Å². The number of benzene rings is 1. The monoisotopic (exact) mass is 393 g/mol. The molecule has 0 bridgehead atoms. The van der Waals surface area contributed by atoms with E-state index in [2.05, 4.69) is 4.72 Å². The van der Waals surface area contributed by atoms with Crippen molar-refractivity contribution >= 4 is 21.8 Å². The van der Waals surface area contributed by atoms with Crippen molar-refractivity contribution in [3.05, 3.63) is 35.9 Å². The molecule has 2 atom stereocenters. The summed E-state index contributed by atoms with van der Waals surface area (Å²) in [6, 6.07) is 9.61. The molecule has 2 aliphatic rings. The van der Waals surface area contributed by atoms with E-state index < -0.39 is 10.0 Å². The lowest BCUT2D eigenvalue weighted by atomic mass is 9.98. The Labute approximate surface area is 160 Å². The van der Waals surface area contributed by atoms with Gasteiger partial charge in [-0.3, -0.25) is 9.59 Å². The van der Waals surface area contributed by atoms with Crippen LogP contribution in [0.25, 0.3) is 0 Å². The highest BCUT2D eigenvalue weighted by molar-refractivity contribution is 7.88. The number of amides is 2. The van der Waals surface area contributed by atoms with Crippen molar-refractivity contribution < 1.29 is 18.0 Å². The van der Waals surface area contributed by atoms with E-state index >= 15 is 0 Å². The molecule has 148 valence electrons. The van der Waals surface area contributed by atoms with Gasteiger partial charge in [-0.25, -0.2) is 13.1 Å². The summed E-state index contributed by atoms with van der Waals surface area (Å²) in [5, 5.41) is 0. The number of carbonyl (C=O) groups is 2. The molecule has 2 saturated heterocycles. The fraction of sp³-hybridized carbons (Fsp3) is 0.579. The van der Waals surface area contributed by atoms with Crippen molar-refractivity contribution in [2.24, 2.45) is 5.92 Å². The highest BCUT2D eigenvalue weighted by atomic mass is 32.2. The number of piperidine rings is 1. The number of rotatable bonds is 6. The first-order valence-corrected chi connectivity index (χ1v) is 11.3. The summed E-state index contributed by atoms with van der Waals surface area (Å²) in [6.45, 7) is 1.80. The van der Waals surface area contributed by atoms with Crippen LogP contribution in [-0.4, -0.2) is 62.0 Å². The molecule has 2 amide bonds. The lowest BCUT2D eigenvalue weighted by molar-refractivity contribution is -0.139. The first-order valence-electron chi connectivity index (χ1n) is 9.40. The second-order valence-corrected chi connectivity index (χ2v) is 9.30. The molecule has 1 N–H and O–H groups in total. The van der Waals surface area contributed by atoms with Crippen molar-refractivity contribution in [3.8, 4) is 0 Å². The molecule has 27 heavy (non-hydrogen) atoms. The number of nitrogens with zero attached hydrogens (tertiary/aromatic N) is 2. The minimum absolute atomic E-state index is 0.0000217. The molecule has 2 heterocycles. The van der Waals surface area contributed by atoms with E-state index in [0.717, 1.165) is 31.1 Å². The molecule has 3 rings (SSSR count). The Hall–Kier alpha value is -1.93. The third-order valence-electron chi connectivity index (χ3n) is 5.27. The molecular formula is C19H27N3O4S. The second-order valence-electron chi connectivity index (χ2n) is 7.46. The number of hydrogen-bond acceptors (Lipinski definition) is 4. The first kappa shape index (κ1) is 19.8. The third-order valence-corrected chi connectivity index (χ3v) is 5.96. The van der Waals surface area contributed by atoms with Gasteiger partial charge < -0.3 is 9.80 Å². The van der Waals surface area contributed by atoms with Crippen LogP contribution in [-0.2, 0) is 26.2 Å². The van der Waals surface area contributed by atoms with Crippen LogP contribution in [0, 0.1) is 5.92 Å². The van der Waals surface area contributed by atoms with E-state index in [-0.39, 0.29) is 36.7 Å². The normalized spacial score (nSPS) is 23.7. The molecule has 0 radical (unpaired) electrons. The predicted molar refractivity (Wildman–Crippen MR) is 102 cm³/mol. The molecule has 0 spiro atoms. The molecule has 7 nitrogen and oxygen atoms in total. The average Bonchev–Trinajstić information content (AvgIpc) is 3.00. The maximum Gasteiger partial charge on any atom is 0.228 e. The summed E-state index contributed by atoms with van der Waals surface area (Å²) in [5.74, 6) is -0.376. The van der Waals surface area contributed by atoms with Crippen LogP contribution in [0.4, 0.5) is 0 Å². The Bertz CT molecular complexity index is 781. The average molecular weight is 394 g/mol. The second kappa shape index (κ2) is 8.39. The van der Waals surface area contributed by atoms with Gasteiger partial charge in [-0.1, -0.05) is 30.3 Å². The summed E-state index contributed by atoms with van der Waals surface area (Å²) in [5.41, 5.74) is 1.05. The van der Waals surface area contributed by atoms with Gasteiger partial charge in [-0.2, -0.15) is 0 Å². The highest BCUT2D eigenvalue weighted by Crippen LogP contribution is 2.26. The van der Waals surface area contributed by atoms with Gasteiger partial charge in [-0.15, -0.1) is 0 Å². The minimum Gasteiger partial charge on any atom is -0.338 e. The molecule has 0 aromatic heterocycles. The first-order chi connectivity index (χ1) is 12.8. The summed E-state index contributed by atoms with van der Waals surface area (Å²) >= 11 is 0. The fourth-order valence-corrected chi connectivity index (χ4v) is 4.37. The van der Waals surface area contributed by atoms with Gasteiger partial charge in [0, 0.05) is 38.6 Å². The van der Waals surface area contributed by atoms with E-state index in [1.165, 1.54) is 0 Å². The van der Waals surface area contributed by atoms with Gasteiger partial charge in [-0.05, 0) is 24.8 Å². The molecule has 1 aromatic rings. The summed E-state index contributed by atoms with van der Waals surface area (Å²) < 4.78 is 25.3. The summed E-state index contributed by atoms with van der Waals surface area (Å²) in [6.07, 6.45) is 4.02. The fourth-order valence-electron chi connectivity index (χ4n) is 3.88. The van der Waals surface area contributed by atoms with Crippen LogP contribution < -0.4 is 4.72 Å². The number of nitrogens with one attached hydrogen (secondary N) is 1. The third kappa shape index (κ3) is 5.29. The Balaban J connectivity index is 1.62. The van der Waals surface area contributed by atoms with Crippen molar-refractivity contribution in [1.29, 1.82) is 0 Å². The summed E-state index contributed by atoms with van der Waals surface area (Å²) in [4.78, 5) is 29.0. The lowest BCUT2D eigenvalue weighted by Crippen LogP contribution is -2.51. The quantitative estimate of drug-likeness (QED) is 0.780. The number of hydrogen-bond donors (Lipinski definition) is 1. The van der Waals surface area contributed by atoms with Crippen molar-refractivity contribution in [1.82, 2.24) is 14.5 Å². The van der Waals surface area contributed by atoms with Gasteiger partial charge >= 0.3 is 0 Å². The van der Waals surface area contributed by atoms with E-state index in [1.54, 1.807) is 9.80 Å². The van der Waals surface area contributed by atoms with Crippen molar-refractivity contribution in [3.63, 3.8) is 0 Å². The van der Waals surface area contributed by atoms with E-state index in [0.29, 0.717) is 19.6 Å². The lowest BCUT2D eigenvalue weighted by Gasteiger charge is -2.37. The predicted octanol–water partition coefficient (Wildman–Crippen LogP) is 0.965. The van der Waals surface area contributed by atoms with Gasteiger partial charge in [0.15, 0.2) is 0 Å². The largest absolute Gasteiger partial charge is 0.338 e.